The lowest BCUT2D eigenvalue weighted by atomic mass is 9.99. The van der Waals surface area contributed by atoms with Gasteiger partial charge in [-0.1, -0.05) is 13.8 Å². The highest BCUT2D eigenvalue weighted by Gasteiger charge is 2.19. The van der Waals surface area contributed by atoms with E-state index >= 15 is 0 Å². The fourth-order valence-corrected chi connectivity index (χ4v) is 3.22. The smallest absolute Gasteiger partial charge is 0.0766 e. The Labute approximate surface area is 130 Å². The minimum atomic E-state index is 0.225. The summed E-state index contributed by atoms with van der Waals surface area (Å²) in [7, 11) is 1.73. The van der Waals surface area contributed by atoms with Gasteiger partial charge in [-0.05, 0) is 41.6 Å². The molecule has 2 atom stereocenters. The lowest BCUT2D eigenvalue weighted by Crippen LogP contribution is -2.39. The van der Waals surface area contributed by atoms with Crippen molar-refractivity contribution >= 4 is 15.9 Å². The van der Waals surface area contributed by atoms with Gasteiger partial charge in [-0.25, -0.2) is 0 Å². The molecule has 0 bridgehead atoms. The molecule has 0 radical (unpaired) electrons. The molecule has 0 aliphatic carbocycles. The summed E-state index contributed by atoms with van der Waals surface area (Å²) in [6.45, 7) is 8.04. The average molecular weight is 347 g/mol. The van der Waals surface area contributed by atoms with E-state index in [9.17, 15) is 0 Å². The van der Waals surface area contributed by atoms with Gasteiger partial charge in [0.1, 0.15) is 0 Å². The van der Waals surface area contributed by atoms with E-state index in [1.54, 1.807) is 7.11 Å². The Morgan fingerprint density at radius 3 is 2.65 bits per heavy atom. The van der Waals surface area contributed by atoms with Crippen LogP contribution in [0.2, 0.25) is 0 Å². The Morgan fingerprint density at radius 1 is 1.45 bits per heavy atom. The highest BCUT2D eigenvalue weighted by atomic mass is 79.9. The van der Waals surface area contributed by atoms with Crippen molar-refractivity contribution in [1.82, 2.24) is 15.2 Å². The lowest BCUT2D eigenvalue weighted by Gasteiger charge is -2.20. The fraction of sp³-hybridized carbons (Fsp3) is 0.786. The molecule has 3 N–H and O–H groups in total. The van der Waals surface area contributed by atoms with Crippen LogP contribution < -0.4 is 11.3 Å². The third-order valence-electron chi connectivity index (χ3n) is 3.51. The first-order valence-electron chi connectivity index (χ1n) is 7.26. The van der Waals surface area contributed by atoms with E-state index in [4.69, 9.17) is 10.6 Å². The molecular formula is C14H27BrN4O. The molecule has 0 fully saturated rings. The summed E-state index contributed by atoms with van der Waals surface area (Å²) in [6.07, 6.45) is 2.78. The molecule has 1 aromatic rings. The topological polar surface area (TPSA) is 65.1 Å². The monoisotopic (exact) mass is 346 g/mol. The maximum absolute atomic E-state index is 5.71. The molecule has 0 amide bonds. The maximum Gasteiger partial charge on any atom is 0.0766 e. The summed E-state index contributed by atoms with van der Waals surface area (Å²) in [5.41, 5.74) is 5.26. The van der Waals surface area contributed by atoms with Gasteiger partial charge in [0.15, 0.2) is 0 Å². The van der Waals surface area contributed by atoms with Crippen LogP contribution in [0.15, 0.2) is 4.47 Å². The highest BCUT2D eigenvalue weighted by Crippen LogP contribution is 2.24. The number of nitrogens with one attached hydrogen (secondary N) is 1. The molecular weight excluding hydrogens is 320 g/mol. The third kappa shape index (κ3) is 4.55. The maximum atomic E-state index is 5.71. The standard InChI is InChI=1S/C14H27BrN4O/c1-5-12-14(15)13(19(6-2)18-12)8-11(17-16)7-10(3)9-20-4/h10-11,17H,5-9,16H2,1-4H3. The summed E-state index contributed by atoms with van der Waals surface area (Å²) >= 11 is 3.68. The predicted molar refractivity (Wildman–Crippen MR) is 85.5 cm³/mol. The van der Waals surface area contributed by atoms with Gasteiger partial charge in [-0.15, -0.1) is 0 Å². The van der Waals surface area contributed by atoms with Gasteiger partial charge in [-0.3, -0.25) is 16.0 Å². The van der Waals surface area contributed by atoms with Crippen LogP contribution in [0.1, 0.15) is 38.6 Å². The van der Waals surface area contributed by atoms with Gasteiger partial charge in [-0.2, -0.15) is 5.10 Å². The number of rotatable bonds is 9. The van der Waals surface area contributed by atoms with Crippen molar-refractivity contribution in [2.45, 2.75) is 52.6 Å². The number of hydrazine groups is 1. The Kier molecular flexibility index (Phi) is 7.72. The Hall–Kier alpha value is -0.430. The summed E-state index contributed by atoms with van der Waals surface area (Å²) in [5, 5.41) is 4.63. The number of hydrogen-bond donors (Lipinski definition) is 2. The van der Waals surface area contributed by atoms with Gasteiger partial charge in [0.05, 0.1) is 15.9 Å². The number of aromatic nitrogens is 2. The largest absolute Gasteiger partial charge is 0.384 e. The van der Waals surface area contributed by atoms with Crippen LogP contribution in [-0.2, 0) is 24.1 Å². The van der Waals surface area contributed by atoms with Gasteiger partial charge < -0.3 is 4.74 Å². The van der Waals surface area contributed by atoms with E-state index in [2.05, 4.69) is 51.9 Å². The molecule has 116 valence electrons. The molecule has 5 nitrogen and oxygen atoms in total. The molecule has 1 rings (SSSR count). The second kappa shape index (κ2) is 8.77. The summed E-state index contributed by atoms with van der Waals surface area (Å²) in [4.78, 5) is 0. The van der Waals surface area contributed by atoms with Crippen LogP contribution in [0.3, 0.4) is 0 Å². The van der Waals surface area contributed by atoms with Crippen LogP contribution in [0.5, 0.6) is 0 Å². The van der Waals surface area contributed by atoms with Crippen molar-refractivity contribution in [2.24, 2.45) is 11.8 Å². The fourth-order valence-electron chi connectivity index (χ4n) is 2.49. The first-order valence-corrected chi connectivity index (χ1v) is 8.05. The number of nitrogens with zero attached hydrogens (tertiary/aromatic N) is 2. The second-order valence-corrected chi connectivity index (χ2v) is 6.03. The van der Waals surface area contributed by atoms with Crippen LogP contribution in [0.25, 0.3) is 0 Å². The number of aryl methyl sites for hydroxylation is 2. The molecule has 0 aliphatic heterocycles. The van der Waals surface area contributed by atoms with Crippen LogP contribution >= 0.6 is 15.9 Å². The molecule has 6 heteroatoms. The SMILES string of the molecule is CCc1nn(CC)c(CC(CC(C)COC)NN)c1Br. The number of nitrogens with two attached hydrogens (primary N) is 1. The molecule has 20 heavy (non-hydrogen) atoms. The normalized spacial score (nSPS) is 14.5. The van der Waals surface area contributed by atoms with Crippen molar-refractivity contribution in [3.8, 4) is 0 Å². The molecule has 0 saturated carbocycles. The number of methoxy groups -OCH3 is 1. The predicted octanol–water partition coefficient (Wildman–Crippen LogP) is 2.27. The van der Waals surface area contributed by atoms with E-state index in [0.717, 1.165) is 42.6 Å². The van der Waals surface area contributed by atoms with Gasteiger partial charge in [0.2, 0.25) is 0 Å². The third-order valence-corrected chi connectivity index (χ3v) is 4.42. The Bertz CT molecular complexity index is 408. The minimum Gasteiger partial charge on any atom is -0.384 e. The molecule has 0 saturated heterocycles. The Morgan fingerprint density at radius 2 is 2.15 bits per heavy atom. The molecule has 0 spiro atoms. The number of ether oxygens (including phenoxy) is 1. The summed E-state index contributed by atoms with van der Waals surface area (Å²) in [5.74, 6) is 6.19. The molecule has 2 unspecified atom stereocenters. The quantitative estimate of drug-likeness (QED) is 0.531. The summed E-state index contributed by atoms with van der Waals surface area (Å²) in [6, 6.07) is 0.225. The first-order chi connectivity index (χ1) is 9.57. The first kappa shape index (κ1) is 17.6. The minimum absolute atomic E-state index is 0.225. The number of halogens is 1. The molecule has 0 aromatic carbocycles. The van der Waals surface area contributed by atoms with Crippen LogP contribution in [0.4, 0.5) is 0 Å². The van der Waals surface area contributed by atoms with Gasteiger partial charge >= 0.3 is 0 Å². The Balaban J connectivity index is 2.81. The lowest BCUT2D eigenvalue weighted by molar-refractivity contribution is 0.149. The van der Waals surface area contributed by atoms with E-state index in [1.165, 1.54) is 5.69 Å². The zero-order valence-corrected chi connectivity index (χ0v) is 14.5. The molecule has 0 aliphatic rings. The van der Waals surface area contributed by atoms with Crippen molar-refractivity contribution in [1.29, 1.82) is 0 Å². The van der Waals surface area contributed by atoms with Crippen LogP contribution in [-0.4, -0.2) is 29.5 Å². The van der Waals surface area contributed by atoms with Crippen molar-refractivity contribution in [3.63, 3.8) is 0 Å². The van der Waals surface area contributed by atoms with E-state index < -0.39 is 0 Å². The van der Waals surface area contributed by atoms with Gasteiger partial charge in [0, 0.05) is 32.7 Å². The molecule has 1 aromatic heterocycles. The van der Waals surface area contributed by atoms with Crippen LogP contribution in [0, 0.1) is 5.92 Å². The highest BCUT2D eigenvalue weighted by molar-refractivity contribution is 9.10. The zero-order valence-electron chi connectivity index (χ0n) is 12.9. The summed E-state index contributed by atoms with van der Waals surface area (Å²) < 4.78 is 8.38. The zero-order chi connectivity index (χ0) is 15.1. The van der Waals surface area contributed by atoms with E-state index in [1.807, 2.05) is 0 Å². The van der Waals surface area contributed by atoms with Crippen molar-refractivity contribution < 1.29 is 4.74 Å². The number of hydrogen-bond acceptors (Lipinski definition) is 4. The average Bonchev–Trinajstić information content (AvgIpc) is 2.74. The van der Waals surface area contributed by atoms with E-state index in [0.29, 0.717) is 5.92 Å². The van der Waals surface area contributed by atoms with Crippen molar-refractivity contribution in [2.75, 3.05) is 13.7 Å². The molecule has 1 heterocycles. The van der Waals surface area contributed by atoms with Crippen molar-refractivity contribution in [3.05, 3.63) is 15.9 Å². The van der Waals surface area contributed by atoms with Gasteiger partial charge in [0.25, 0.3) is 0 Å². The van der Waals surface area contributed by atoms with E-state index in [-0.39, 0.29) is 6.04 Å². The second-order valence-electron chi connectivity index (χ2n) is 5.24.